The van der Waals surface area contributed by atoms with E-state index >= 15 is 0 Å². The molecule has 4 aromatic rings. The molecule has 1 aliphatic heterocycles. The Morgan fingerprint density at radius 2 is 1.74 bits per heavy atom. The van der Waals surface area contributed by atoms with Gasteiger partial charge in [0.25, 0.3) is 0 Å². The van der Waals surface area contributed by atoms with E-state index < -0.39 is 0 Å². The Bertz CT molecular complexity index is 1230. The van der Waals surface area contributed by atoms with Gasteiger partial charge in [0.15, 0.2) is 5.11 Å². The Kier molecular flexibility index (Phi) is 6.44. The van der Waals surface area contributed by atoms with Gasteiger partial charge in [0, 0.05) is 42.6 Å². The number of nitrogens with zero attached hydrogens (tertiary/aromatic N) is 3. The summed E-state index contributed by atoms with van der Waals surface area (Å²) >= 11 is 5.81. The molecule has 6 nitrogen and oxygen atoms in total. The number of anilines is 1. The summed E-state index contributed by atoms with van der Waals surface area (Å²) in [5.41, 5.74) is 4.18. The Morgan fingerprint density at radius 3 is 2.50 bits per heavy atom. The highest BCUT2D eigenvalue weighted by Crippen LogP contribution is 2.39. The molecule has 2 aromatic heterocycles. The first-order valence-electron chi connectivity index (χ1n) is 11.4. The van der Waals surface area contributed by atoms with Gasteiger partial charge in [0.1, 0.15) is 5.75 Å². The van der Waals surface area contributed by atoms with Crippen LogP contribution in [0.3, 0.4) is 0 Å². The Morgan fingerprint density at radius 1 is 0.941 bits per heavy atom. The second kappa shape index (κ2) is 9.97. The molecule has 7 heteroatoms. The standard InChI is InChI=1S/C27H27N5OS/c33-22-14-12-21(13-15-22)31-18-6-11-24(31)26-25(23-10-4-5-16-29-23)30-27(34)32(26)19-7-17-28-20-8-2-1-3-9-20/h1-6,8-16,18,25-26,28,33H,7,17,19H2,(H,30,34)/t25-,26-/m1/s1. The smallest absolute Gasteiger partial charge is 0.170 e. The van der Waals surface area contributed by atoms with Gasteiger partial charge in [-0.25, -0.2) is 0 Å². The summed E-state index contributed by atoms with van der Waals surface area (Å²) in [7, 11) is 0. The van der Waals surface area contributed by atoms with Gasteiger partial charge in [-0.2, -0.15) is 0 Å². The zero-order chi connectivity index (χ0) is 23.3. The van der Waals surface area contributed by atoms with Crippen molar-refractivity contribution in [2.24, 2.45) is 0 Å². The van der Waals surface area contributed by atoms with E-state index in [4.69, 9.17) is 12.2 Å². The van der Waals surface area contributed by atoms with E-state index in [1.54, 1.807) is 12.1 Å². The summed E-state index contributed by atoms with van der Waals surface area (Å²) in [6.45, 7) is 1.66. The predicted octanol–water partition coefficient (Wildman–Crippen LogP) is 5.05. The molecular weight excluding hydrogens is 442 g/mol. The summed E-state index contributed by atoms with van der Waals surface area (Å²) in [4.78, 5) is 6.91. The van der Waals surface area contributed by atoms with Crippen LogP contribution in [0.5, 0.6) is 5.75 Å². The third-order valence-corrected chi connectivity index (χ3v) is 6.44. The predicted molar refractivity (Wildman–Crippen MR) is 139 cm³/mol. The highest BCUT2D eigenvalue weighted by atomic mass is 32.1. The van der Waals surface area contributed by atoms with E-state index in [0.29, 0.717) is 0 Å². The van der Waals surface area contributed by atoms with Gasteiger partial charge in [-0.1, -0.05) is 24.3 Å². The number of pyridine rings is 1. The zero-order valence-corrected chi connectivity index (χ0v) is 19.5. The lowest BCUT2D eigenvalue weighted by Crippen LogP contribution is -2.32. The van der Waals surface area contributed by atoms with E-state index in [2.05, 4.69) is 43.3 Å². The van der Waals surface area contributed by atoms with Crippen LogP contribution in [0, 0.1) is 0 Å². The molecule has 1 saturated heterocycles. The first-order valence-corrected chi connectivity index (χ1v) is 11.9. The molecule has 0 saturated carbocycles. The molecule has 172 valence electrons. The lowest BCUT2D eigenvalue weighted by atomic mass is 10.0. The second-order valence-electron chi connectivity index (χ2n) is 8.29. The lowest BCUT2D eigenvalue weighted by molar-refractivity contribution is 0.307. The number of nitrogens with one attached hydrogen (secondary N) is 2. The van der Waals surface area contributed by atoms with E-state index in [9.17, 15) is 5.11 Å². The highest BCUT2D eigenvalue weighted by molar-refractivity contribution is 7.80. The molecule has 5 rings (SSSR count). The van der Waals surface area contributed by atoms with E-state index in [1.165, 1.54) is 0 Å². The number of phenolic OH excluding ortho intramolecular Hbond substituents is 1. The molecule has 34 heavy (non-hydrogen) atoms. The number of thiocarbonyl (C=S) groups is 1. The third-order valence-electron chi connectivity index (χ3n) is 6.09. The molecule has 0 radical (unpaired) electrons. The molecule has 0 amide bonds. The number of benzene rings is 2. The molecule has 0 aliphatic carbocycles. The maximum Gasteiger partial charge on any atom is 0.170 e. The minimum Gasteiger partial charge on any atom is -0.508 e. The van der Waals surface area contributed by atoms with Crippen LogP contribution < -0.4 is 10.6 Å². The second-order valence-corrected chi connectivity index (χ2v) is 8.67. The van der Waals surface area contributed by atoms with Crippen LogP contribution in [-0.4, -0.2) is 37.8 Å². The van der Waals surface area contributed by atoms with E-state index in [-0.39, 0.29) is 17.8 Å². The number of rotatable bonds is 8. The average Bonchev–Trinajstić information content (AvgIpc) is 3.48. The first-order chi connectivity index (χ1) is 16.7. The quantitative estimate of drug-likeness (QED) is 0.248. The van der Waals surface area contributed by atoms with E-state index in [0.717, 1.165) is 47.4 Å². The normalized spacial score (nSPS) is 17.5. The van der Waals surface area contributed by atoms with Gasteiger partial charge in [-0.15, -0.1) is 0 Å². The van der Waals surface area contributed by atoms with Crippen LogP contribution >= 0.6 is 12.2 Å². The molecule has 2 aromatic carbocycles. The van der Waals surface area contributed by atoms with Crippen molar-refractivity contribution in [3.8, 4) is 11.4 Å². The molecule has 3 N–H and O–H groups in total. The van der Waals surface area contributed by atoms with Crippen molar-refractivity contribution >= 4 is 23.0 Å². The van der Waals surface area contributed by atoms with Crippen molar-refractivity contribution in [1.29, 1.82) is 0 Å². The van der Waals surface area contributed by atoms with Crippen molar-refractivity contribution in [3.63, 3.8) is 0 Å². The van der Waals surface area contributed by atoms with Crippen LogP contribution in [0.25, 0.3) is 5.69 Å². The van der Waals surface area contributed by atoms with Crippen molar-refractivity contribution in [2.75, 3.05) is 18.4 Å². The summed E-state index contributed by atoms with van der Waals surface area (Å²) < 4.78 is 2.16. The highest BCUT2D eigenvalue weighted by Gasteiger charge is 2.40. The maximum absolute atomic E-state index is 9.75. The summed E-state index contributed by atoms with van der Waals surface area (Å²) in [5, 5.41) is 17.5. The number of aromatic nitrogens is 2. The van der Waals surface area contributed by atoms with Crippen molar-refractivity contribution in [3.05, 3.63) is 109 Å². The van der Waals surface area contributed by atoms with Crippen LogP contribution in [0.2, 0.25) is 0 Å². The maximum atomic E-state index is 9.75. The number of phenols is 1. The van der Waals surface area contributed by atoms with Gasteiger partial charge in [0.05, 0.1) is 17.8 Å². The van der Waals surface area contributed by atoms with E-state index in [1.807, 2.05) is 67.0 Å². The summed E-state index contributed by atoms with van der Waals surface area (Å²) in [6, 6.07) is 27.6. The monoisotopic (exact) mass is 469 g/mol. The minimum absolute atomic E-state index is 0.0251. The fourth-order valence-electron chi connectivity index (χ4n) is 4.49. The Hall–Kier alpha value is -3.84. The Labute approximate surface area is 204 Å². The van der Waals surface area contributed by atoms with Crippen LogP contribution in [0.15, 0.2) is 97.3 Å². The average molecular weight is 470 g/mol. The van der Waals surface area contributed by atoms with Gasteiger partial charge in [-0.3, -0.25) is 4.98 Å². The summed E-state index contributed by atoms with van der Waals surface area (Å²) in [6.07, 6.45) is 4.80. The topological polar surface area (TPSA) is 65.3 Å². The number of hydrogen-bond donors (Lipinski definition) is 3. The van der Waals surface area contributed by atoms with Crippen LogP contribution in [0.4, 0.5) is 5.69 Å². The minimum atomic E-state index is -0.0680. The molecule has 2 atom stereocenters. The number of para-hydroxylation sites is 1. The van der Waals surface area contributed by atoms with Crippen molar-refractivity contribution in [2.45, 2.75) is 18.5 Å². The van der Waals surface area contributed by atoms with Gasteiger partial charge in [-0.05, 0) is 79.3 Å². The van der Waals surface area contributed by atoms with Crippen LogP contribution in [-0.2, 0) is 0 Å². The zero-order valence-electron chi connectivity index (χ0n) is 18.7. The number of hydrogen-bond acceptors (Lipinski definition) is 4. The number of aromatic hydroxyl groups is 1. The van der Waals surface area contributed by atoms with Crippen molar-refractivity contribution in [1.82, 2.24) is 19.8 Å². The SMILES string of the molecule is Oc1ccc(-n2cccc2[C@@H]2[C@@H](c3ccccn3)NC(=S)N2CCCNc2ccccc2)cc1. The van der Waals surface area contributed by atoms with Crippen LogP contribution in [0.1, 0.15) is 29.9 Å². The summed E-state index contributed by atoms with van der Waals surface area (Å²) in [5.74, 6) is 0.250. The molecule has 0 bridgehead atoms. The van der Waals surface area contributed by atoms with Gasteiger partial charge < -0.3 is 25.2 Å². The molecule has 0 spiro atoms. The lowest BCUT2D eigenvalue weighted by Gasteiger charge is -2.29. The molecule has 1 fully saturated rings. The molecule has 0 unspecified atom stereocenters. The van der Waals surface area contributed by atoms with Gasteiger partial charge >= 0.3 is 0 Å². The van der Waals surface area contributed by atoms with Gasteiger partial charge in [0.2, 0.25) is 0 Å². The fraction of sp³-hybridized carbons (Fsp3) is 0.185. The Balaban J connectivity index is 1.42. The first kappa shape index (κ1) is 22.0. The molecule has 3 heterocycles. The fourth-order valence-corrected chi connectivity index (χ4v) is 4.82. The van der Waals surface area contributed by atoms with Crippen molar-refractivity contribution < 1.29 is 5.11 Å². The molecular formula is C27H27N5OS. The molecule has 1 aliphatic rings. The third kappa shape index (κ3) is 4.61. The largest absolute Gasteiger partial charge is 0.508 e.